The first-order valence-corrected chi connectivity index (χ1v) is 6.30. The molecule has 1 saturated carbocycles. The van der Waals surface area contributed by atoms with Gasteiger partial charge in [0.2, 0.25) is 0 Å². The molecule has 0 aliphatic heterocycles. The highest BCUT2D eigenvalue weighted by Gasteiger charge is 2.47. The quantitative estimate of drug-likeness (QED) is 0.680. The average molecular weight is 222 g/mol. The van der Waals surface area contributed by atoms with Gasteiger partial charge in [-0.2, -0.15) is 0 Å². The summed E-state index contributed by atoms with van der Waals surface area (Å²) in [5.41, 5.74) is -1.24. The Bertz CT molecular complexity index is 334. The van der Waals surface area contributed by atoms with Gasteiger partial charge in [0.25, 0.3) is 0 Å². The van der Waals surface area contributed by atoms with Crippen LogP contribution < -0.4 is 0 Å². The maximum absolute atomic E-state index is 11.2. The van der Waals surface area contributed by atoms with E-state index < -0.39 is 33.1 Å². The number of hydrogen-bond donors (Lipinski definition) is 2. The Morgan fingerprint density at radius 2 is 2.14 bits per heavy atom. The molecule has 0 bridgehead atoms. The number of hydrogen-bond acceptors (Lipinski definition) is 4. The summed E-state index contributed by atoms with van der Waals surface area (Å²) in [5.74, 6) is -1.11. The minimum Gasteiger partial charge on any atom is -0.481 e. The fraction of sp³-hybridized carbons (Fsp3) is 0.875. The number of carboxylic acid groups (broad SMARTS) is 1. The third-order valence-electron chi connectivity index (χ3n) is 2.93. The third kappa shape index (κ3) is 1.90. The van der Waals surface area contributed by atoms with Gasteiger partial charge in [-0.25, -0.2) is 8.42 Å². The van der Waals surface area contributed by atoms with Gasteiger partial charge in [0.1, 0.15) is 9.84 Å². The van der Waals surface area contributed by atoms with Crippen molar-refractivity contribution in [3.63, 3.8) is 0 Å². The average Bonchev–Trinajstić information content (AvgIpc) is 2.47. The van der Waals surface area contributed by atoms with Crippen molar-refractivity contribution in [2.45, 2.75) is 24.5 Å². The molecule has 2 atom stereocenters. The summed E-state index contributed by atoms with van der Waals surface area (Å²) in [6, 6.07) is 0. The van der Waals surface area contributed by atoms with E-state index in [0.29, 0.717) is 6.42 Å². The molecule has 1 aliphatic carbocycles. The number of sulfone groups is 1. The molecular weight excluding hydrogens is 208 g/mol. The van der Waals surface area contributed by atoms with E-state index in [1.807, 2.05) is 0 Å². The number of aliphatic hydroxyl groups is 1. The fourth-order valence-electron chi connectivity index (χ4n) is 1.85. The van der Waals surface area contributed by atoms with E-state index >= 15 is 0 Å². The van der Waals surface area contributed by atoms with Gasteiger partial charge in [0.05, 0.1) is 17.3 Å². The summed E-state index contributed by atoms with van der Waals surface area (Å²) in [6.07, 6.45) is 1.69. The SMILES string of the molecule is CS(=O)(=O)C1CCC(CO)(C(=O)O)C1. The number of aliphatic carboxylic acids is 1. The second-order valence-corrected chi connectivity index (χ2v) is 6.26. The van der Waals surface area contributed by atoms with Crippen LogP contribution in [-0.2, 0) is 14.6 Å². The molecule has 0 aromatic heterocycles. The second-order valence-electron chi connectivity index (χ2n) is 3.94. The summed E-state index contributed by atoms with van der Waals surface area (Å²) >= 11 is 0. The van der Waals surface area contributed by atoms with Crippen LogP contribution in [0.2, 0.25) is 0 Å². The summed E-state index contributed by atoms with van der Waals surface area (Å²) in [5, 5.41) is 17.3. The Labute approximate surface area is 82.7 Å². The van der Waals surface area contributed by atoms with E-state index in [4.69, 9.17) is 10.2 Å². The molecule has 0 spiro atoms. The Balaban J connectivity index is 2.87. The monoisotopic (exact) mass is 222 g/mol. The van der Waals surface area contributed by atoms with E-state index in [9.17, 15) is 13.2 Å². The fourth-order valence-corrected chi connectivity index (χ4v) is 3.02. The zero-order valence-corrected chi connectivity index (χ0v) is 8.75. The van der Waals surface area contributed by atoms with Gasteiger partial charge in [-0.05, 0) is 19.3 Å². The van der Waals surface area contributed by atoms with E-state index in [2.05, 4.69) is 0 Å². The predicted octanol–water partition coefficient (Wildman–Crippen LogP) is -0.353. The summed E-state index contributed by atoms with van der Waals surface area (Å²) in [6.45, 7) is -0.492. The smallest absolute Gasteiger partial charge is 0.312 e. The number of aliphatic hydroxyl groups excluding tert-OH is 1. The maximum Gasteiger partial charge on any atom is 0.312 e. The van der Waals surface area contributed by atoms with Crippen molar-refractivity contribution < 1.29 is 23.4 Å². The Hall–Kier alpha value is -0.620. The van der Waals surface area contributed by atoms with Crippen LogP contribution in [-0.4, -0.2) is 42.7 Å². The van der Waals surface area contributed by atoms with Crippen LogP contribution in [0.15, 0.2) is 0 Å². The van der Waals surface area contributed by atoms with Crippen LogP contribution in [0.1, 0.15) is 19.3 Å². The Morgan fingerprint density at radius 1 is 1.57 bits per heavy atom. The van der Waals surface area contributed by atoms with Crippen molar-refractivity contribution in [2.75, 3.05) is 12.9 Å². The highest BCUT2D eigenvalue weighted by Crippen LogP contribution is 2.40. The van der Waals surface area contributed by atoms with Crippen LogP contribution in [0.5, 0.6) is 0 Å². The lowest BCUT2D eigenvalue weighted by atomic mass is 9.88. The lowest BCUT2D eigenvalue weighted by Gasteiger charge is -2.20. The normalized spacial score (nSPS) is 33.1. The van der Waals surface area contributed by atoms with Crippen molar-refractivity contribution in [1.82, 2.24) is 0 Å². The molecule has 14 heavy (non-hydrogen) atoms. The summed E-state index contributed by atoms with van der Waals surface area (Å²) in [7, 11) is -3.19. The standard InChI is InChI=1S/C8H14O5S/c1-14(12,13)6-2-3-8(4-6,5-9)7(10)11/h6,9H,2-5H2,1H3,(H,10,11). The summed E-state index contributed by atoms with van der Waals surface area (Å²) < 4.78 is 22.4. The summed E-state index contributed by atoms with van der Waals surface area (Å²) in [4.78, 5) is 10.9. The Kier molecular flexibility index (Phi) is 2.87. The van der Waals surface area contributed by atoms with Crippen molar-refractivity contribution in [2.24, 2.45) is 5.41 Å². The van der Waals surface area contributed by atoms with E-state index in [-0.39, 0.29) is 12.8 Å². The molecule has 1 fully saturated rings. The number of rotatable bonds is 3. The van der Waals surface area contributed by atoms with Crippen LogP contribution in [0, 0.1) is 5.41 Å². The van der Waals surface area contributed by atoms with Gasteiger partial charge in [0.15, 0.2) is 0 Å². The molecule has 2 N–H and O–H groups in total. The minimum absolute atomic E-state index is 0.0255. The van der Waals surface area contributed by atoms with Crippen LogP contribution in [0.4, 0.5) is 0 Å². The minimum atomic E-state index is -3.19. The molecule has 6 heteroatoms. The third-order valence-corrected chi connectivity index (χ3v) is 4.54. The number of carboxylic acids is 1. The predicted molar refractivity (Wildman–Crippen MR) is 49.6 cm³/mol. The molecule has 1 rings (SSSR count). The lowest BCUT2D eigenvalue weighted by Crippen LogP contribution is -2.33. The maximum atomic E-state index is 11.2. The van der Waals surface area contributed by atoms with E-state index in [0.717, 1.165) is 6.26 Å². The van der Waals surface area contributed by atoms with Gasteiger partial charge in [0, 0.05) is 6.26 Å². The molecule has 0 aromatic rings. The second kappa shape index (κ2) is 3.51. The lowest BCUT2D eigenvalue weighted by molar-refractivity contribution is -0.151. The van der Waals surface area contributed by atoms with Crippen LogP contribution in [0.25, 0.3) is 0 Å². The van der Waals surface area contributed by atoms with Gasteiger partial charge in [-0.1, -0.05) is 0 Å². The van der Waals surface area contributed by atoms with Crippen molar-refractivity contribution in [3.8, 4) is 0 Å². The molecule has 0 radical (unpaired) electrons. The van der Waals surface area contributed by atoms with Gasteiger partial charge in [-0.15, -0.1) is 0 Å². The molecule has 0 saturated heterocycles. The topological polar surface area (TPSA) is 91.7 Å². The van der Waals surface area contributed by atoms with Crippen molar-refractivity contribution in [1.29, 1.82) is 0 Å². The van der Waals surface area contributed by atoms with Gasteiger partial charge < -0.3 is 10.2 Å². The number of carbonyl (C=O) groups is 1. The van der Waals surface area contributed by atoms with E-state index in [1.54, 1.807) is 0 Å². The molecule has 2 unspecified atom stereocenters. The molecule has 0 aromatic carbocycles. The zero-order valence-electron chi connectivity index (χ0n) is 7.93. The molecular formula is C8H14O5S. The van der Waals surface area contributed by atoms with Crippen molar-refractivity contribution in [3.05, 3.63) is 0 Å². The van der Waals surface area contributed by atoms with E-state index in [1.165, 1.54) is 0 Å². The van der Waals surface area contributed by atoms with Gasteiger partial charge in [-0.3, -0.25) is 4.79 Å². The highest BCUT2D eigenvalue weighted by molar-refractivity contribution is 7.91. The largest absolute Gasteiger partial charge is 0.481 e. The molecule has 82 valence electrons. The molecule has 0 heterocycles. The Morgan fingerprint density at radius 3 is 2.36 bits per heavy atom. The zero-order chi connectivity index (χ0) is 11.0. The highest BCUT2D eigenvalue weighted by atomic mass is 32.2. The molecule has 0 amide bonds. The van der Waals surface area contributed by atoms with Crippen LogP contribution in [0.3, 0.4) is 0 Å². The van der Waals surface area contributed by atoms with Crippen LogP contribution >= 0.6 is 0 Å². The first-order valence-electron chi connectivity index (χ1n) is 4.35. The van der Waals surface area contributed by atoms with Gasteiger partial charge >= 0.3 is 5.97 Å². The van der Waals surface area contributed by atoms with Crippen molar-refractivity contribution >= 4 is 15.8 Å². The molecule has 5 nitrogen and oxygen atoms in total. The molecule has 1 aliphatic rings. The first-order chi connectivity index (χ1) is 6.32. The first kappa shape index (κ1) is 11.5.